The number of nitrogens with one attached hydrogen (secondary N) is 1. The van der Waals surface area contributed by atoms with Crippen LogP contribution in [-0.4, -0.2) is 38.6 Å². The molecule has 0 saturated carbocycles. The Morgan fingerprint density at radius 2 is 1.67 bits per heavy atom. The maximum absolute atomic E-state index is 12.6. The highest BCUT2D eigenvalue weighted by Crippen LogP contribution is 2.22. The summed E-state index contributed by atoms with van der Waals surface area (Å²) in [6.45, 7) is 1.94. The summed E-state index contributed by atoms with van der Waals surface area (Å²) in [7, 11) is 5.60. The van der Waals surface area contributed by atoms with Crippen molar-refractivity contribution in [2.45, 2.75) is 13.1 Å². The first-order chi connectivity index (χ1) is 13.0. The summed E-state index contributed by atoms with van der Waals surface area (Å²) in [6.07, 6.45) is 0. The standard InChI is InChI=1S/C23H26N2O2/c1-24(15-18-7-5-4-6-8-18)17-23(26)25(2)16-19-9-10-21-14-22(27-3)12-11-20(21)13-19/h4-14H,15-17H2,1-3H3/p+1. The Hall–Kier alpha value is -2.85. The molecule has 3 aromatic rings. The molecule has 1 N–H and O–H groups in total. The van der Waals surface area contributed by atoms with E-state index in [-0.39, 0.29) is 5.91 Å². The number of hydrogen-bond donors (Lipinski definition) is 1. The zero-order chi connectivity index (χ0) is 19.2. The molecule has 0 aliphatic heterocycles. The van der Waals surface area contributed by atoms with Crippen molar-refractivity contribution in [3.63, 3.8) is 0 Å². The minimum atomic E-state index is 0.151. The highest BCUT2D eigenvalue weighted by atomic mass is 16.5. The van der Waals surface area contributed by atoms with Crippen LogP contribution in [0.4, 0.5) is 0 Å². The van der Waals surface area contributed by atoms with Crippen LogP contribution in [0.25, 0.3) is 10.8 Å². The molecule has 0 aliphatic rings. The molecule has 0 spiro atoms. The summed E-state index contributed by atoms with van der Waals surface area (Å²) >= 11 is 0. The fraction of sp³-hybridized carbons (Fsp3) is 0.261. The Morgan fingerprint density at radius 3 is 2.41 bits per heavy atom. The lowest BCUT2D eigenvalue weighted by Crippen LogP contribution is -3.08. The highest BCUT2D eigenvalue weighted by Gasteiger charge is 2.15. The molecule has 4 heteroatoms. The van der Waals surface area contributed by atoms with Crippen molar-refractivity contribution >= 4 is 16.7 Å². The summed E-state index contributed by atoms with van der Waals surface area (Å²) in [5, 5.41) is 2.29. The molecule has 0 bridgehead atoms. The van der Waals surface area contributed by atoms with Crippen molar-refractivity contribution in [3.05, 3.63) is 77.9 Å². The highest BCUT2D eigenvalue weighted by molar-refractivity contribution is 5.84. The monoisotopic (exact) mass is 363 g/mol. The van der Waals surface area contributed by atoms with Crippen LogP contribution in [0.3, 0.4) is 0 Å². The van der Waals surface area contributed by atoms with Crippen molar-refractivity contribution in [1.29, 1.82) is 0 Å². The van der Waals surface area contributed by atoms with Crippen LogP contribution in [0.5, 0.6) is 5.75 Å². The van der Waals surface area contributed by atoms with Gasteiger partial charge < -0.3 is 14.5 Å². The zero-order valence-electron chi connectivity index (χ0n) is 16.2. The number of benzene rings is 3. The van der Waals surface area contributed by atoms with Gasteiger partial charge in [-0.2, -0.15) is 0 Å². The summed E-state index contributed by atoms with van der Waals surface area (Å²) in [6, 6.07) is 22.6. The Morgan fingerprint density at radius 1 is 0.963 bits per heavy atom. The van der Waals surface area contributed by atoms with Gasteiger partial charge in [-0.3, -0.25) is 4.79 Å². The van der Waals surface area contributed by atoms with Crippen molar-refractivity contribution in [1.82, 2.24) is 4.90 Å². The second kappa shape index (κ2) is 8.69. The van der Waals surface area contributed by atoms with E-state index in [0.717, 1.165) is 28.6 Å². The van der Waals surface area contributed by atoms with E-state index in [1.807, 2.05) is 37.4 Å². The van der Waals surface area contributed by atoms with Gasteiger partial charge in [-0.05, 0) is 34.5 Å². The van der Waals surface area contributed by atoms with E-state index in [9.17, 15) is 4.79 Å². The lowest BCUT2D eigenvalue weighted by Gasteiger charge is -2.20. The van der Waals surface area contributed by atoms with Gasteiger partial charge in [-0.15, -0.1) is 0 Å². The second-order valence-corrected chi connectivity index (χ2v) is 7.09. The Labute approximate surface area is 161 Å². The third-order valence-electron chi connectivity index (χ3n) is 4.76. The zero-order valence-corrected chi connectivity index (χ0v) is 16.2. The number of rotatable bonds is 7. The molecular weight excluding hydrogens is 336 g/mol. The van der Waals surface area contributed by atoms with Gasteiger partial charge in [-0.25, -0.2) is 0 Å². The summed E-state index contributed by atoms with van der Waals surface area (Å²) < 4.78 is 5.27. The molecule has 0 aliphatic carbocycles. The number of hydrogen-bond acceptors (Lipinski definition) is 2. The summed E-state index contributed by atoms with van der Waals surface area (Å²) in [5.74, 6) is 1.00. The van der Waals surface area contributed by atoms with E-state index in [2.05, 4.69) is 43.4 Å². The van der Waals surface area contributed by atoms with Crippen molar-refractivity contribution in [3.8, 4) is 5.75 Å². The van der Waals surface area contributed by atoms with Gasteiger partial charge in [0, 0.05) is 19.2 Å². The fourth-order valence-electron chi connectivity index (χ4n) is 3.26. The summed E-state index contributed by atoms with van der Waals surface area (Å²) in [5.41, 5.74) is 2.37. The Kier molecular flexibility index (Phi) is 6.09. The van der Waals surface area contributed by atoms with Crippen molar-refractivity contribution < 1.29 is 14.4 Å². The van der Waals surface area contributed by atoms with E-state index >= 15 is 0 Å². The number of carbonyl (C=O) groups is 1. The molecule has 27 heavy (non-hydrogen) atoms. The van der Waals surface area contributed by atoms with Crippen LogP contribution in [0.15, 0.2) is 66.7 Å². The van der Waals surface area contributed by atoms with Crippen LogP contribution >= 0.6 is 0 Å². The molecule has 0 fully saturated rings. The number of methoxy groups -OCH3 is 1. The molecule has 0 heterocycles. The molecule has 1 atom stereocenters. The normalized spacial score (nSPS) is 12.0. The number of quaternary nitrogens is 1. The lowest BCUT2D eigenvalue weighted by atomic mass is 10.1. The van der Waals surface area contributed by atoms with Crippen LogP contribution in [0.1, 0.15) is 11.1 Å². The average molecular weight is 363 g/mol. The molecule has 3 rings (SSSR count). The molecule has 140 valence electrons. The average Bonchev–Trinajstić information content (AvgIpc) is 2.68. The van der Waals surface area contributed by atoms with E-state index in [1.165, 1.54) is 10.5 Å². The van der Waals surface area contributed by atoms with Crippen LogP contribution in [0, 0.1) is 0 Å². The second-order valence-electron chi connectivity index (χ2n) is 7.09. The molecule has 1 unspecified atom stereocenters. The lowest BCUT2D eigenvalue weighted by molar-refractivity contribution is -0.885. The predicted octanol–water partition coefficient (Wildman–Crippen LogP) is 2.52. The van der Waals surface area contributed by atoms with Gasteiger partial charge >= 0.3 is 0 Å². The van der Waals surface area contributed by atoms with E-state index in [1.54, 1.807) is 12.0 Å². The van der Waals surface area contributed by atoms with E-state index in [0.29, 0.717) is 13.1 Å². The number of carbonyl (C=O) groups excluding carboxylic acids is 1. The number of fused-ring (bicyclic) bond motifs is 1. The molecule has 4 nitrogen and oxygen atoms in total. The predicted molar refractivity (Wildman–Crippen MR) is 109 cm³/mol. The van der Waals surface area contributed by atoms with E-state index in [4.69, 9.17) is 4.74 Å². The molecule has 0 saturated heterocycles. The van der Waals surface area contributed by atoms with Gasteiger partial charge in [0.2, 0.25) is 0 Å². The van der Waals surface area contributed by atoms with Gasteiger partial charge in [0.25, 0.3) is 5.91 Å². The number of ether oxygens (including phenoxy) is 1. The first-order valence-corrected chi connectivity index (χ1v) is 9.21. The largest absolute Gasteiger partial charge is 0.497 e. The minimum absolute atomic E-state index is 0.151. The first kappa shape index (κ1) is 18.9. The van der Waals surface area contributed by atoms with Gasteiger partial charge in [-0.1, -0.05) is 48.5 Å². The van der Waals surface area contributed by atoms with Crippen molar-refractivity contribution in [2.75, 3.05) is 27.7 Å². The SMILES string of the molecule is COc1ccc2cc(CN(C)C(=O)C[NH+](C)Cc3ccccc3)ccc2c1. The molecule has 0 radical (unpaired) electrons. The van der Waals surface area contributed by atoms with Gasteiger partial charge in [0.1, 0.15) is 12.3 Å². The maximum atomic E-state index is 12.6. The minimum Gasteiger partial charge on any atom is -0.497 e. The number of amides is 1. The third-order valence-corrected chi connectivity index (χ3v) is 4.76. The first-order valence-electron chi connectivity index (χ1n) is 9.21. The third kappa shape index (κ3) is 5.08. The van der Waals surface area contributed by atoms with Gasteiger partial charge in [0.15, 0.2) is 6.54 Å². The molecule has 3 aromatic carbocycles. The maximum Gasteiger partial charge on any atom is 0.277 e. The topological polar surface area (TPSA) is 34.0 Å². The van der Waals surface area contributed by atoms with Crippen LogP contribution in [0.2, 0.25) is 0 Å². The molecule has 0 aromatic heterocycles. The van der Waals surface area contributed by atoms with Gasteiger partial charge in [0.05, 0.1) is 14.2 Å². The molecular formula is C23H27N2O2+. The van der Waals surface area contributed by atoms with Crippen LogP contribution in [-0.2, 0) is 17.9 Å². The van der Waals surface area contributed by atoms with Crippen molar-refractivity contribution in [2.24, 2.45) is 0 Å². The fourth-order valence-corrected chi connectivity index (χ4v) is 3.26. The van der Waals surface area contributed by atoms with Crippen LogP contribution < -0.4 is 9.64 Å². The summed E-state index contributed by atoms with van der Waals surface area (Å²) in [4.78, 5) is 15.6. The number of likely N-dealkylation sites (N-methyl/N-ethyl adjacent to an activating group) is 2. The Balaban J connectivity index is 1.59. The molecule has 1 amide bonds. The number of nitrogens with zero attached hydrogens (tertiary/aromatic N) is 1. The smallest absolute Gasteiger partial charge is 0.277 e. The van der Waals surface area contributed by atoms with E-state index < -0.39 is 0 Å². The Bertz CT molecular complexity index is 909. The quantitative estimate of drug-likeness (QED) is 0.700.